The van der Waals surface area contributed by atoms with Gasteiger partial charge in [-0.1, -0.05) is 18.2 Å². The molecule has 2 rings (SSSR count). The SMILES string of the molecule is NC(N)=NCCCC(NC(=O)C(CCC(=O)O)NC(=O)C(N)Cc1c[nH]c2ccccc12)C(=O)NC(CO)C(=O)O. The Labute approximate surface area is 234 Å². The van der Waals surface area contributed by atoms with Gasteiger partial charge in [-0.15, -0.1) is 0 Å². The molecule has 2 aromatic rings. The van der Waals surface area contributed by atoms with Crippen molar-refractivity contribution in [1.29, 1.82) is 0 Å². The number of guanidine groups is 1. The molecular weight excluding hydrogens is 540 g/mol. The lowest BCUT2D eigenvalue weighted by Crippen LogP contribution is -2.57. The number of carboxylic acid groups (broad SMARTS) is 2. The van der Waals surface area contributed by atoms with Crippen molar-refractivity contribution < 1.29 is 39.3 Å². The first-order valence-corrected chi connectivity index (χ1v) is 12.8. The molecule has 0 aliphatic heterocycles. The predicted octanol–water partition coefficient (Wildman–Crippen LogP) is -2.51. The number of aliphatic hydroxyl groups is 1. The molecule has 1 aromatic carbocycles. The number of hydrogen-bond acceptors (Lipinski definition) is 8. The third-order valence-corrected chi connectivity index (χ3v) is 6.11. The summed E-state index contributed by atoms with van der Waals surface area (Å²) in [5.74, 6) is -5.45. The second-order valence-corrected chi connectivity index (χ2v) is 9.26. The molecule has 0 saturated carbocycles. The number of nitrogens with zero attached hydrogens (tertiary/aromatic N) is 1. The van der Waals surface area contributed by atoms with E-state index >= 15 is 0 Å². The summed E-state index contributed by atoms with van der Waals surface area (Å²) >= 11 is 0. The lowest BCUT2D eigenvalue weighted by Gasteiger charge is -2.24. The van der Waals surface area contributed by atoms with Crippen molar-refractivity contribution in [3.05, 3.63) is 36.0 Å². The second kappa shape index (κ2) is 15.8. The van der Waals surface area contributed by atoms with E-state index in [1.807, 2.05) is 24.3 Å². The van der Waals surface area contributed by atoms with Crippen LogP contribution < -0.4 is 33.2 Å². The van der Waals surface area contributed by atoms with Crippen LogP contribution in [0, 0.1) is 0 Å². The van der Waals surface area contributed by atoms with Crippen molar-refractivity contribution in [2.24, 2.45) is 22.2 Å². The number of aliphatic imine (C=N–C) groups is 1. The van der Waals surface area contributed by atoms with Gasteiger partial charge in [0.05, 0.1) is 12.6 Å². The monoisotopic (exact) mass is 576 g/mol. The van der Waals surface area contributed by atoms with E-state index in [9.17, 15) is 29.1 Å². The van der Waals surface area contributed by atoms with Gasteiger partial charge in [0.25, 0.3) is 0 Å². The van der Waals surface area contributed by atoms with Gasteiger partial charge in [0.1, 0.15) is 18.1 Å². The van der Waals surface area contributed by atoms with Crippen molar-refractivity contribution in [3.8, 4) is 0 Å². The molecule has 13 N–H and O–H groups in total. The second-order valence-electron chi connectivity index (χ2n) is 9.26. The maximum Gasteiger partial charge on any atom is 0.328 e. The number of carbonyl (C=O) groups excluding carboxylic acids is 3. The van der Waals surface area contributed by atoms with Crippen molar-refractivity contribution >= 4 is 46.5 Å². The maximum atomic E-state index is 13.2. The number of benzene rings is 1. The number of amides is 3. The lowest BCUT2D eigenvalue weighted by atomic mass is 10.0. The molecule has 0 fully saturated rings. The highest BCUT2D eigenvalue weighted by Gasteiger charge is 2.30. The van der Waals surface area contributed by atoms with Crippen LogP contribution in [0.3, 0.4) is 0 Å². The van der Waals surface area contributed by atoms with Gasteiger partial charge >= 0.3 is 11.9 Å². The molecule has 0 radical (unpaired) electrons. The average Bonchev–Trinajstić information content (AvgIpc) is 3.32. The van der Waals surface area contributed by atoms with E-state index < -0.39 is 66.9 Å². The number of carbonyl (C=O) groups is 5. The number of nitrogens with two attached hydrogens (primary N) is 3. The number of aromatic nitrogens is 1. The van der Waals surface area contributed by atoms with Crippen LogP contribution in [-0.2, 0) is 30.4 Å². The molecule has 1 heterocycles. The Morgan fingerprint density at radius 2 is 1.51 bits per heavy atom. The van der Waals surface area contributed by atoms with Crippen LogP contribution in [0.2, 0.25) is 0 Å². The van der Waals surface area contributed by atoms with Crippen LogP contribution >= 0.6 is 0 Å². The molecule has 0 aliphatic rings. The number of nitrogens with one attached hydrogen (secondary N) is 4. The summed E-state index contributed by atoms with van der Waals surface area (Å²) in [5, 5.41) is 35.4. The molecule has 0 aliphatic carbocycles. The minimum atomic E-state index is -1.63. The minimum absolute atomic E-state index is 0.0498. The summed E-state index contributed by atoms with van der Waals surface area (Å²) < 4.78 is 0. The quantitative estimate of drug-likeness (QED) is 0.0533. The average molecular weight is 577 g/mol. The molecule has 0 bridgehead atoms. The van der Waals surface area contributed by atoms with Gasteiger partial charge in [-0.25, -0.2) is 4.79 Å². The van der Waals surface area contributed by atoms with Gasteiger partial charge in [0.15, 0.2) is 5.96 Å². The number of fused-ring (bicyclic) bond motifs is 1. The smallest absolute Gasteiger partial charge is 0.328 e. The third-order valence-electron chi connectivity index (χ3n) is 6.11. The molecule has 41 heavy (non-hydrogen) atoms. The van der Waals surface area contributed by atoms with Gasteiger partial charge < -0.3 is 53.5 Å². The highest BCUT2D eigenvalue weighted by Crippen LogP contribution is 2.19. The first-order chi connectivity index (χ1) is 19.4. The molecule has 16 nitrogen and oxygen atoms in total. The van der Waals surface area contributed by atoms with E-state index in [0.717, 1.165) is 16.5 Å². The first-order valence-electron chi connectivity index (χ1n) is 12.8. The predicted molar refractivity (Wildman–Crippen MR) is 147 cm³/mol. The summed E-state index contributed by atoms with van der Waals surface area (Å²) in [6.45, 7) is -0.812. The first kappa shape index (κ1) is 32.5. The van der Waals surface area contributed by atoms with E-state index in [2.05, 4.69) is 25.9 Å². The molecule has 224 valence electrons. The van der Waals surface area contributed by atoms with Crippen LogP contribution in [0.1, 0.15) is 31.2 Å². The Hall–Kier alpha value is -4.70. The fourth-order valence-electron chi connectivity index (χ4n) is 3.95. The highest BCUT2D eigenvalue weighted by atomic mass is 16.4. The Morgan fingerprint density at radius 3 is 2.12 bits per heavy atom. The van der Waals surface area contributed by atoms with Crippen molar-refractivity contribution in [2.75, 3.05) is 13.2 Å². The molecule has 4 unspecified atom stereocenters. The molecule has 0 saturated heterocycles. The summed E-state index contributed by atoms with van der Waals surface area (Å²) in [4.78, 5) is 68.2. The summed E-state index contributed by atoms with van der Waals surface area (Å²) in [6.07, 6.45) is 1.18. The van der Waals surface area contributed by atoms with Gasteiger partial charge in [-0.2, -0.15) is 0 Å². The number of rotatable bonds is 17. The fraction of sp³-hybridized carbons (Fsp3) is 0.440. The van der Waals surface area contributed by atoms with E-state index in [1.54, 1.807) is 6.20 Å². The van der Waals surface area contributed by atoms with E-state index in [-0.39, 0.29) is 38.2 Å². The molecule has 4 atom stereocenters. The highest BCUT2D eigenvalue weighted by molar-refractivity contribution is 5.94. The summed E-state index contributed by atoms with van der Waals surface area (Å²) in [6, 6.07) is 1.97. The Balaban J connectivity index is 2.16. The minimum Gasteiger partial charge on any atom is -0.481 e. The standard InChI is InChI=1S/C25H36N8O8/c26-15(10-13-11-30-16-5-2-1-4-14(13)16)21(37)31-18(7-8-20(35)36)23(39)32-17(6-3-9-29-25(27)28)22(38)33-19(12-34)24(40)41/h1-2,4-5,11,15,17-19,30,34H,3,6-10,12,26H2,(H,31,37)(H,32,39)(H,33,38)(H,35,36)(H,40,41)(H4,27,28,29). The fourth-order valence-corrected chi connectivity index (χ4v) is 3.95. The van der Waals surface area contributed by atoms with Crippen LogP contribution in [0.5, 0.6) is 0 Å². The van der Waals surface area contributed by atoms with Gasteiger partial charge in [0.2, 0.25) is 17.7 Å². The summed E-state index contributed by atoms with van der Waals surface area (Å²) in [5.41, 5.74) is 18.3. The number of carboxylic acids is 2. The van der Waals surface area contributed by atoms with Crippen molar-refractivity contribution in [3.63, 3.8) is 0 Å². The molecule has 16 heteroatoms. The number of aromatic amines is 1. The topological polar surface area (TPSA) is 288 Å². The molecular formula is C25H36N8O8. The van der Waals surface area contributed by atoms with Gasteiger partial charge in [0, 0.05) is 30.1 Å². The van der Waals surface area contributed by atoms with Crippen LogP contribution in [-0.4, -0.2) is 93.2 Å². The number of para-hydroxylation sites is 1. The summed E-state index contributed by atoms with van der Waals surface area (Å²) in [7, 11) is 0. The Morgan fingerprint density at radius 1 is 0.902 bits per heavy atom. The Kier molecular flexibility index (Phi) is 12.5. The van der Waals surface area contributed by atoms with Crippen molar-refractivity contribution in [1.82, 2.24) is 20.9 Å². The maximum absolute atomic E-state index is 13.2. The van der Waals surface area contributed by atoms with Gasteiger partial charge in [-0.05, 0) is 37.3 Å². The number of H-pyrrole nitrogens is 1. The van der Waals surface area contributed by atoms with Crippen LogP contribution in [0.25, 0.3) is 10.9 Å². The molecule has 0 spiro atoms. The number of aliphatic carboxylic acids is 2. The lowest BCUT2D eigenvalue weighted by molar-refractivity contribution is -0.143. The van der Waals surface area contributed by atoms with Gasteiger partial charge in [-0.3, -0.25) is 24.2 Å². The number of hydrogen-bond donors (Lipinski definition) is 10. The van der Waals surface area contributed by atoms with Crippen LogP contribution in [0.4, 0.5) is 0 Å². The molecule has 1 aromatic heterocycles. The third kappa shape index (κ3) is 10.4. The largest absolute Gasteiger partial charge is 0.481 e. The van der Waals surface area contributed by atoms with Crippen LogP contribution in [0.15, 0.2) is 35.5 Å². The molecule has 3 amide bonds. The zero-order valence-corrected chi connectivity index (χ0v) is 22.2. The Bertz CT molecular complexity index is 1260. The normalized spacial score (nSPS) is 13.8. The van der Waals surface area contributed by atoms with E-state index in [4.69, 9.17) is 27.4 Å². The number of aliphatic hydroxyl groups excluding tert-OH is 1. The van der Waals surface area contributed by atoms with Crippen molar-refractivity contribution in [2.45, 2.75) is 56.3 Å². The zero-order chi connectivity index (χ0) is 30.5. The van der Waals surface area contributed by atoms with E-state index in [1.165, 1.54) is 0 Å². The zero-order valence-electron chi connectivity index (χ0n) is 22.2. The van der Waals surface area contributed by atoms with E-state index in [0.29, 0.717) is 0 Å².